The third-order valence-electron chi connectivity index (χ3n) is 3.84. The molecule has 0 unspecified atom stereocenters. The summed E-state index contributed by atoms with van der Waals surface area (Å²) in [4.78, 5) is 25.5. The Morgan fingerprint density at radius 2 is 1.96 bits per heavy atom. The molecule has 1 aromatic heterocycles. The van der Waals surface area contributed by atoms with Crippen LogP contribution in [-0.4, -0.2) is 29.6 Å². The Morgan fingerprint density at radius 1 is 1.24 bits per heavy atom. The first-order chi connectivity index (χ1) is 12.0. The fourth-order valence-electron chi connectivity index (χ4n) is 2.64. The van der Waals surface area contributed by atoms with Crippen LogP contribution < -0.4 is 5.76 Å². The van der Waals surface area contributed by atoms with Crippen molar-refractivity contribution < 1.29 is 13.9 Å². The predicted octanol–water partition coefficient (Wildman–Crippen LogP) is 3.23. The molecule has 0 aliphatic rings. The fraction of sp³-hybridized carbons (Fsp3) is 0.222. The Kier molecular flexibility index (Phi) is 5.06. The van der Waals surface area contributed by atoms with Gasteiger partial charge in [-0.1, -0.05) is 28.1 Å². The van der Waals surface area contributed by atoms with E-state index in [1.807, 2.05) is 36.2 Å². The van der Waals surface area contributed by atoms with E-state index in [0.29, 0.717) is 24.4 Å². The van der Waals surface area contributed by atoms with Gasteiger partial charge in [0.2, 0.25) is 0 Å². The van der Waals surface area contributed by atoms with E-state index in [1.165, 1.54) is 7.11 Å². The van der Waals surface area contributed by atoms with Gasteiger partial charge in [0.25, 0.3) is 0 Å². The summed E-state index contributed by atoms with van der Waals surface area (Å²) < 4.78 is 12.4. The number of ether oxygens (including phenoxy) is 1. The number of oxazole rings is 1. The molecule has 25 heavy (non-hydrogen) atoms. The van der Waals surface area contributed by atoms with Gasteiger partial charge in [0.1, 0.15) is 0 Å². The zero-order valence-electron chi connectivity index (χ0n) is 13.9. The minimum atomic E-state index is -0.388. The Morgan fingerprint density at radius 3 is 2.64 bits per heavy atom. The third kappa shape index (κ3) is 3.83. The summed E-state index contributed by atoms with van der Waals surface area (Å²) in [6, 6.07) is 12.7. The van der Waals surface area contributed by atoms with Crippen molar-refractivity contribution >= 4 is 33.0 Å². The van der Waals surface area contributed by atoms with E-state index in [9.17, 15) is 9.59 Å². The molecule has 6 nitrogen and oxygen atoms in total. The van der Waals surface area contributed by atoms with Crippen molar-refractivity contribution in [3.05, 3.63) is 68.6 Å². The number of nitrogens with zero attached hydrogens (tertiary/aromatic N) is 2. The molecule has 3 aromatic rings. The molecule has 2 aromatic carbocycles. The van der Waals surface area contributed by atoms with E-state index in [4.69, 9.17) is 4.42 Å². The molecule has 0 radical (unpaired) electrons. The zero-order chi connectivity index (χ0) is 18.0. The lowest BCUT2D eigenvalue weighted by atomic mass is 10.1. The summed E-state index contributed by atoms with van der Waals surface area (Å²) in [5.74, 6) is -0.747. The van der Waals surface area contributed by atoms with Crippen molar-refractivity contribution in [2.24, 2.45) is 0 Å². The van der Waals surface area contributed by atoms with Crippen LogP contribution in [0.5, 0.6) is 0 Å². The molecule has 0 saturated heterocycles. The zero-order valence-corrected chi connectivity index (χ0v) is 15.4. The van der Waals surface area contributed by atoms with Crippen LogP contribution in [0.25, 0.3) is 11.1 Å². The van der Waals surface area contributed by atoms with E-state index < -0.39 is 0 Å². The number of carbonyl (C=O) groups is 1. The van der Waals surface area contributed by atoms with Crippen LogP contribution in [0.3, 0.4) is 0 Å². The average molecular weight is 405 g/mol. The van der Waals surface area contributed by atoms with Gasteiger partial charge in [-0.25, -0.2) is 9.59 Å². The Labute approximate surface area is 152 Å². The minimum Gasteiger partial charge on any atom is -0.465 e. The van der Waals surface area contributed by atoms with Crippen LogP contribution >= 0.6 is 15.9 Å². The van der Waals surface area contributed by atoms with E-state index in [1.54, 1.807) is 22.8 Å². The SMILES string of the molecule is COC(=O)c1ccc(CN(C)Cn2c(=O)oc3cc(Br)ccc32)cc1. The molecule has 130 valence electrons. The average Bonchev–Trinajstić information content (AvgIpc) is 2.89. The molecule has 0 N–H and O–H groups in total. The molecule has 0 aliphatic carbocycles. The van der Waals surface area contributed by atoms with Gasteiger partial charge in [-0.15, -0.1) is 0 Å². The van der Waals surface area contributed by atoms with E-state index in [-0.39, 0.29) is 11.7 Å². The van der Waals surface area contributed by atoms with Crippen LogP contribution in [0.1, 0.15) is 15.9 Å². The van der Waals surface area contributed by atoms with Crippen LogP contribution in [0, 0.1) is 0 Å². The summed E-state index contributed by atoms with van der Waals surface area (Å²) in [7, 11) is 3.27. The highest BCUT2D eigenvalue weighted by molar-refractivity contribution is 9.10. The third-order valence-corrected chi connectivity index (χ3v) is 4.33. The quantitative estimate of drug-likeness (QED) is 0.610. The molecule has 0 atom stereocenters. The molecule has 0 bridgehead atoms. The van der Waals surface area contributed by atoms with Gasteiger partial charge in [-0.05, 0) is 42.9 Å². The van der Waals surface area contributed by atoms with Gasteiger partial charge < -0.3 is 9.15 Å². The molecule has 0 spiro atoms. The predicted molar refractivity (Wildman–Crippen MR) is 97.4 cm³/mol. The fourth-order valence-corrected chi connectivity index (χ4v) is 2.98. The van der Waals surface area contributed by atoms with Gasteiger partial charge in [0, 0.05) is 11.0 Å². The number of hydrogen-bond donors (Lipinski definition) is 0. The number of hydrogen-bond acceptors (Lipinski definition) is 5. The van der Waals surface area contributed by atoms with Crippen molar-refractivity contribution in [3.8, 4) is 0 Å². The molecule has 7 heteroatoms. The number of halogens is 1. The number of carbonyl (C=O) groups excluding carboxylic acids is 1. The second-order valence-corrected chi connectivity index (χ2v) is 6.67. The highest BCUT2D eigenvalue weighted by Crippen LogP contribution is 2.19. The standard InChI is InChI=1S/C18H17BrN2O4/c1-20(10-12-3-5-13(6-4-12)17(22)24-2)11-21-15-8-7-14(19)9-16(15)25-18(21)23/h3-9H,10-11H2,1-2H3. The van der Waals surface area contributed by atoms with Crippen molar-refractivity contribution in [3.63, 3.8) is 0 Å². The van der Waals surface area contributed by atoms with Crippen molar-refractivity contribution in [1.82, 2.24) is 9.47 Å². The number of fused-ring (bicyclic) bond motifs is 1. The van der Waals surface area contributed by atoms with Gasteiger partial charge in [-0.3, -0.25) is 9.47 Å². The summed E-state index contributed by atoms with van der Waals surface area (Å²) in [6.45, 7) is 1.02. The smallest absolute Gasteiger partial charge is 0.421 e. The van der Waals surface area contributed by atoms with Gasteiger partial charge in [-0.2, -0.15) is 0 Å². The van der Waals surface area contributed by atoms with Crippen LogP contribution in [0.4, 0.5) is 0 Å². The van der Waals surface area contributed by atoms with Crippen molar-refractivity contribution in [1.29, 1.82) is 0 Å². The monoisotopic (exact) mass is 404 g/mol. The van der Waals surface area contributed by atoms with Gasteiger partial charge in [0.05, 0.1) is 24.9 Å². The molecular weight excluding hydrogens is 388 g/mol. The summed E-state index contributed by atoms with van der Waals surface area (Å²) in [6.07, 6.45) is 0. The number of benzene rings is 2. The maximum absolute atomic E-state index is 12.1. The van der Waals surface area contributed by atoms with Crippen molar-refractivity contribution in [2.75, 3.05) is 14.2 Å². The second-order valence-electron chi connectivity index (χ2n) is 5.75. The van der Waals surface area contributed by atoms with Gasteiger partial charge in [0.15, 0.2) is 5.58 Å². The lowest BCUT2D eigenvalue weighted by Gasteiger charge is -2.17. The first-order valence-corrected chi connectivity index (χ1v) is 8.42. The maximum Gasteiger partial charge on any atom is 0.421 e. The normalized spacial score (nSPS) is 11.2. The number of methoxy groups -OCH3 is 1. The summed E-state index contributed by atoms with van der Waals surface area (Å²) in [5, 5.41) is 0. The largest absolute Gasteiger partial charge is 0.465 e. The summed E-state index contributed by atoms with van der Waals surface area (Å²) >= 11 is 3.37. The molecular formula is C18H17BrN2O4. The van der Waals surface area contributed by atoms with Gasteiger partial charge >= 0.3 is 11.7 Å². The number of esters is 1. The lowest BCUT2D eigenvalue weighted by molar-refractivity contribution is 0.0600. The first-order valence-electron chi connectivity index (χ1n) is 7.62. The number of aromatic nitrogens is 1. The topological polar surface area (TPSA) is 64.7 Å². The lowest BCUT2D eigenvalue weighted by Crippen LogP contribution is -2.27. The van der Waals surface area contributed by atoms with Crippen LogP contribution in [0.2, 0.25) is 0 Å². The highest BCUT2D eigenvalue weighted by atomic mass is 79.9. The molecule has 0 fully saturated rings. The Bertz CT molecular complexity index is 959. The Balaban J connectivity index is 1.75. The molecule has 0 aliphatic heterocycles. The van der Waals surface area contributed by atoms with Crippen LogP contribution in [0.15, 0.2) is 56.1 Å². The molecule has 1 heterocycles. The summed E-state index contributed by atoms with van der Waals surface area (Å²) in [5.41, 5.74) is 2.84. The second kappa shape index (κ2) is 7.25. The van der Waals surface area contributed by atoms with Crippen molar-refractivity contribution in [2.45, 2.75) is 13.2 Å². The van der Waals surface area contributed by atoms with E-state index in [2.05, 4.69) is 20.7 Å². The first kappa shape index (κ1) is 17.4. The van der Waals surface area contributed by atoms with E-state index >= 15 is 0 Å². The molecule has 0 amide bonds. The Hall–Kier alpha value is -2.38. The maximum atomic E-state index is 12.1. The van der Waals surface area contributed by atoms with E-state index in [0.717, 1.165) is 15.6 Å². The molecule has 3 rings (SSSR count). The highest BCUT2D eigenvalue weighted by Gasteiger charge is 2.12. The minimum absolute atomic E-state index is 0.359. The van der Waals surface area contributed by atoms with Crippen LogP contribution in [-0.2, 0) is 18.0 Å². The number of rotatable bonds is 5. The molecule has 0 saturated carbocycles.